The van der Waals surface area contributed by atoms with Gasteiger partial charge in [0.15, 0.2) is 0 Å². The maximum Gasteiger partial charge on any atom is 0.309 e. The molecule has 1 aromatic carbocycles. The van der Waals surface area contributed by atoms with Gasteiger partial charge in [-0.1, -0.05) is 76.3 Å². The topological polar surface area (TPSA) is 26.3 Å². The molecule has 0 saturated heterocycles. The summed E-state index contributed by atoms with van der Waals surface area (Å²) >= 11 is 0. The number of esters is 1. The molecule has 0 fully saturated rings. The molecule has 112 valence electrons. The molecule has 1 atom stereocenters. The summed E-state index contributed by atoms with van der Waals surface area (Å²) < 4.78 is 5.42. The van der Waals surface area contributed by atoms with Gasteiger partial charge >= 0.3 is 5.97 Å². The minimum absolute atomic E-state index is 0.0353. The van der Waals surface area contributed by atoms with Crippen LogP contribution in [0.5, 0.6) is 0 Å². The Balaban J connectivity index is 2.24. The first kappa shape index (κ1) is 16.7. The summed E-state index contributed by atoms with van der Waals surface area (Å²) in [6.45, 7) is 4.68. The van der Waals surface area contributed by atoms with E-state index in [0.29, 0.717) is 6.61 Å². The summed E-state index contributed by atoms with van der Waals surface area (Å²) in [5, 5.41) is 0. The molecule has 0 amide bonds. The lowest BCUT2D eigenvalue weighted by Gasteiger charge is -2.14. The van der Waals surface area contributed by atoms with E-state index >= 15 is 0 Å². The number of carbonyl (C=O) groups is 1. The molecule has 0 bridgehead atoms. The molecule has 20 heavy (non-hydrogen) atoms. The molecule has 0 unspecified atom stereocenters. The van der Waals surface area contributed by atoms with E-state index in [2.05, 4.69) is 13.8 Å². The Morgan fingerprint density at radius 1 is 1.05 bits per heavy atom. The van der Waals surface area contributed by atoms with Gasteiger partial charge in [0, 0.05) is 0 Å². The number of hydrogen-bond donors (Lipinski definition) is 0. The predicted octanol–water partition coefficient (Wildman–Crippen LogP) is 5.12. The van der Waals surface area contributed by atoms with Gasteiger partial charge in [0.1, 0.15) is 6.61 Å². The fourth-order valence-corrected chi connectivity index (χ4v) is 2.33. The van der Waals surface area contributed by atoms with Crippen molar-refractivity contribution in [2.24, 2.45) is 5.92 Å². The van der Waals surface area contributed by atoms with Gasteiger partial charge < -0.3 is 4.74 Å². The zero-order valence-corrected chi connectivity index (χ0v) is 12.9. The highest BCUT2D eigenvalue weighted by molar-refractivity contribution is 5.72. The minimum Gasteiger partial charge on any atom is -0.461 e. The van der Waals surface area contributed by atoms with Crippen LogP contribution in [0.4, 0.5) is 0 Å². The summed E-state index contributed by atoms with van der Waals surface area (Å²) in [6, 6.07) is 9.87. The molecule has 0 aromatic heterocycles. The van der Waals surface area contributed by atoms with Crippen molar-refractivity contribution >= 4 is 5.97 Å². The molecule has 0 spiro atoms. The first-order valence-corrected chi connectivity index (χ1v) is 7.98. The Morgan fingerprint density at radius 3 is 2.40 bits per heavy atom. The van der Waals surface area contributed by atoms with Crippen molar-refractivity contribution < 1.29 is 9.53 Å². The van der Waals surface area contributed by atoms with Crippen LogP contribution in [0.2, 0.25) is 0 Å². The van der Waals surface area contributed by atoms with Gasteiger partial charge in [-0.25, -0.2) is 0 Å². The summed E-state index contributed by atoms with van der Waals surface area (Å²) in [5.41, 5.74) is 1.05. The third-order valence-electron chi connectivity index (χ3n) is 3.71. The molecule has 1 rings (SSSR count). The Bertz CT molecular complexity index is 359. The number of carbonyl (C=O) groups excluding carboxylic acids is 1. The highest BCUT2D eigenvalue weighted by Gasteiger charge is 2.17. The van der Waals surface area contributed by atoms with Crippen molar-refractivity contribution in [3.63, 3.8) is 0 Å². The monoisotopic (exact) mass is 276 g/mol. The summed E-state index contributed by atoms with van der Waals surface area (Å²) in [7, 11) is 0. The number of unbranched alkanes of at least 4 members (excludes halogenated alkanes) is 4. The van der Waals surface area contributed by atoms with Crippen LogP contribution in [-0.4, -0.2) is 5.97 Å². The first-order chi connectivity index (χ1) is 9.77. The third-order valence-corrected chi connectivity index (χ3v) is 3.71. The van der Waals surface area contributed by atoms with Crippen molar-refractivity contribution in [3.8, 4) is 0 Å². The van der Waals surface area contributed by atoms with Gasteiger partial charge in [0.05, 0.1) is 5.92 Å². The average Bonchev–Trinajstić information content (AvgIpc) is 2.49. The quantitative estimate of drug-likeness (QED) is 0.438. The van der Waals surface area contributed by atoms with E-state index in [9.17, 15) is 4.79 Å². The van der Waals surface area contributed by atoms with Crippen molar-refractivity contribution in [1.29, 1.82) is 0 Å². The number of benzene rings is 1. The van der Waals surface area contributed by atoms with E-state index in [4.69, 9.17) is 4.74 Å². The van der Waals surface area contributed by atoms with Gasteiger partial charge in [-0.3, -0.25) is 4.79 Å². The Morgan fingerprint density at radius 2 is 1.75 bits per heavy atom. The van der Waals surface area contributed by atoms with Crippen LogP contribution < -0.4 is 0 Å². The zero-order valence-electron chi connectivity index (χ0n) is 12.9. The second-order valence-corrected chi connectivity index (χ2v) is 5.40. The van der Waals surface area contributed by atoms with Crippen molar-refractivity contribution in [3.05, 3.63) is 35.9 Å². The van der Waals surface area contributed by atoms with E-state index < -0.39 is 0 Å². The standard InChI is InChI=1S/C18H28O2/c1-3-5-6-7-11-14-17(4-2)18(19)20-15-16-12-9-8-10-13-16/h8-10,12-13,17H,3-7,11,14-15H2,1-2H3/t17-/m1/s1. The van der Waals surface area contributed by atoms with Crippen LogP contribution in [-0.2, 0) is 16.1 Å². The lowest BCUT2D eigenvalue weighted by atomic mass is 9.98. The molecular formula is C18H28O2. The van der Waals surface area contributed by atoms with E-state index in [1.165, 1.54) is 25.7 Å². The molecule has 0 heterocycles. The molecule has 0 saturated carbocycles. The van der Waals surface area contributed by atoms with Gasteiger partial charge in [0.2, 0.25) is 0 Å². The highest BCUT2D eigenvalue weighted by Crippen LogP contribution is 2.17. The summed E-state index contributed by atoms with van der Waals surface area (Å²) in [6.07, 6.45) is 8.06. The molecular weight excluding hydrogens is 248 g/mol. The van der Waals surface area contributed by atoms with E-state index in [1.54, 1.807) is 0 Å². The minimum atomic E-state index is -0.0353. The Labute approximate surface area is 123 Å². The van der Waals surface area contributed by atoms with Crippen LogP contribution in [0, 0.1) is 5.92 Å². The van der Waals surface area contributed by atoms with E-state index in [1.807, 2.05) is 30.3 Å². The van der Waals surface area contributed by atoms with Gasteiger partial charge in [-0.15, -0.1) is 0 Å². The maximum absolute atomic E-state index is 12.0. The van der Waals surface area contributed by atoms with Gasteiger partial charge in [-0.05, 0) is 18.4 Å². The number of ether oxygens (including phenoxy) is 1. The molecule has 0 aliphatic heterocycles. The molecule has 2 heteroatoms. The summed E-state index contributed by atoms with van der Waals surface area (Å²) in [5.74, 6) is 0.0344. The average molecular weight is 276 g/mol. The number of rotatable bonds is 10. The number of hydrogen-bond acceptors (Lipinski definition) is 2. The lowest BCUT2D eigenvalue weighted by Crippen LogP contribution is -2.17. The molecule has 2 nitrogen and oxygen atoms in total. The lowest BCUT2D eigenvalue weighted by molar-refractivity contribution is -0.150. The van der Waals surface area contributed by atoms with E-state index in [0.717, 1.165) is 24.8 Å². The van der Waals surface area contributed by atoms with E-state index in [-0.39, 0.29) is 11.9 Å². The van der Waals surface area contributed by atoms with Gasteiger partial charge in [-0.2, -0.15) is 0 Å². The fourth-order valence-electron chi connectivity index (χ4n) is 2.33. The smallest absolute Gasteiger partial charge is 0.309 e. The van der Waals surface area contributed by atoms with Crippen molar-refractivity contribution in [2.45, 2.75) is 65.4 Å². The highest BCUT2D eigenvalue weighted by atomic mass is 16.5. The fraction of sp³-hybridized carbons (Fsp3) is 0.611. The van der Waals surface area contributed by atoms with Crippen LogP contribution in [0.3, 0.4) is 0 Å². The van der Waals surface area contributed by atoms with Crippen LogP contribution in [0.15, 0.2) is 30.3 Å². The van der Waals surface area contributed by atoms with Crippen LogP contribution >= 0.6 is 0 Å². The second-order valence-electron chi connectivity index (χ2n) is 5.40. The molecule has 0 aliphatic carbocycles. The normalized spacial score (nSPS) is 12.1. The third kappa shape index (κ3) is 6.74. The van der Waals surface area contributed by atoms with Crippen molar-refractivity contribution in [1.82, 2.24) is 0 Å². The first-order valence-electron chi connectivity index (χ1n) is 7.98. The SMILES string of the molecule is CCCCCCC[C@@H](CC)C(=O)OCc1ccccc1. The largest absolute Gasteiger partial charge is 0.461 e. The van der Waals surface area contributed by atoms with Gasteiger partial charge in [0.25, 0.3) is 0 Å². The van der Waals surface area contributed by atoms with Crippen LogP contribution in [0.1, 0.15) is 64.4 Å². The molecule has 0 aliphatic rings. The predicted molar refractivity (Wildman–Crippen MR) is 83.4 cm³/mol. The Kier molecular flexibility index (Phi) is 8.77. The van der Waals surface area contributed by atoms with Crippen LogP contribution in [0.25, 0.3) is 0 Å². The second kappa shape index (κ2) is 10.5. The van der Waals surface area contributed by atoms with Crippen molar-refractivity contribution in [2.75, 3.05) is 0 Å². The maximum atomic E-state index is 12.0. The summed E-state index contributed by atoms with van der Waals surface area (Å²) in [4.78, 5) is 12.0. The molecule has 1 aromatic rings. The molecule has 0 N–H and O–H groups in total. The zero-order chi connectivity index (χ0) is 14.6. The molecule has 0 radical (unpaired) electrons. The Hall–Kier alpha value is -1.31.